The summed E-state index contributed by atoms with van der Waals surface area (Å²) in [6.45, 7) is 13.8. The van der Waals surface area contributed by atoms with E-state index in [0.29, 0.717) is 0 Å². The van der Waals surface area contributed by atoms with Crippen LogP contribution in [0.1, 0.15) is 67.2 Å². The molecule has 0 aliphatic heterocycles. The Morgan fingerprint density at radius 1 is 0.622 bits per heavy atom. The van der Waals surface area contributed by atoms with E-state index in [2.05, 4.69) is 65.8 Å². The Kier molecular flexibility index (Phi) is 12.9. The molecule has 2 aliphatic rings. The zero-order chi connectivity index (χ0) is 26.9. The Morgan fingerprint density at radius 2 is 0.919 bits per heavy atom. The predicted molar refractivity (Wildman–Crippen MR) is 143 cm³/mol. The molecule has 0 unspecified atom stereocenters. The molecule has 0 bridgehead atoms. The Morgan fingerprint density at radius 3 is 1.16 bits per heavy atom. The van der Waals surface area contributed by atoms with Crippen molar-refractivity contribution in [2.75, 3.05) is 0 Å². The number of hydrogen-bond donors (Lipinski definition) is 2. The number of rotatable bonds is 3. The first-order chi connectivity index (χ1) is 16.8. The molecule has 0 aromatic heterocycles. The van der Waals surface area contributed by atoms with Gasteiger partial charge in [-0.25, -0.2) is 19.9 Å². The predicted octanol–water partition coefficient (Wildman–Crippen LogP) is 9.04. The van der Waals surface area contributed by atoms with Gasteiger partial charge in [-0.2, -0.15) is 23.3 Å². The Hall–Kier alpha value is -2.26. The molecule has 0 saturated heterocycles. The number of hydrogen-bond acceptors (Lipinski definition) is 2. The molecule has 2 aromatic rings. The SMILES string of the molecule is CC(C)(C)C1=CC[C-]=C1CCC1=[C-]CC=C1C(C)(C)C.Oc1ccc(F)cc1.Oc1ccc(F)cc1.[Zr+2]. The van der Waals surface area contributed by atoms with Crippen molar-refractivity contribution in [1.29, 1.82) is 0 Å². The Bertz CT molecular complexity index is 978. The summed E-state index contributed by atoms with van der Waals surface area (Å²) in [5.41, 5.74) is 6.36. The van der Waals surface area contributed by atoms with Crippen LogP contribution in [0.4, 0.5) is 8.78 Å². The summed E-state index contributed by atoms with van der Waals surface area (Å²) >= 11 is 0. The van der Waals surface area contributed by atoms with E-state index in [9.17, 15) is 8.78 Å². The van der Waals surface area contributed by atoms with E-state index in [1.54, 1.807) is 0 Å². The van der Waals surface area contributed by atoms with E-state index in [0.717, 1.165) is 25.7 Å². The van der Waals surface area contributed by atoms with Crippen LogP contribution >= 0.6 is 0 Å². The van der Waals surface area contributed by atoms with Gasteiger partial charge in [0.15, 0.2) is 0 Å². The monoisotopic (exact) mass is 582 g/mol. The zero-order valence-corrected chi connectivity index (χ0v) is 25.2. The van der Waals surface area contributed by atoms with Crippen LogP contribution in [0.25, 0.3) is 0 Å². The van der Waals surface area contributed by atoms with E-state index >= 15 is 0 Å². The molecule has 0 fully saturated rings. The molecular weight excluding hydrogens is 546 g/mol. The molecule has 0 radical (unpaired) electrons. The van der Waals surface area contributed by atoms with E-state index in [1.807, 2.05) is 0 Å². The minimum absolute atomic E-state index is 0. The van der Waals surface area contributed by atoms with Crippen molar-refractivity contribution in [1.82, 2.24) is 0 Å². The van der Waals surface area contributed by atoms with Crippen molar-refractivity contribution in [3.05, 3.63) is 107 Å². The van der Waals surface area contributed by atoms with Gasteiger partial charge < -0.3 is 10.2 Å². The average Bonchev–Trinajstić information content (AvgIpc) is 3.46. The van der Waals surface area contributed by atoms with Crippen molar-refractivity contribution in [2.45, 2.75) is 67.2 Å². The van der Waals surface area contributed by atoms with Crippen molar-refractivity contribution in [2.24, 2.45) is 10.8 Å². The third-order valence-electron chi connectivity index (χ3n) is 5.79. The van der Waals surface area contributed by atoms with Crippen LogP contribution < -0.4 is 0 Å². The normalized spacial score (nSPS) is 14.6. The summed E-state index contributed by atoms with van der Waals surface area (Å²) < 4.78 is 24.0. The molecule has 2 aromatic carbocycles. The fraction of sp³-hybridized carbons (Fsp3) is 0.375. The van der Waals surface area contributed by atoms with Gasteiger partial charge in [0, 0.05) is 0 Å². The van der Waals surface area contributed by atoms with Gasteiger partial charge >= 0.3 is 26.2 Å². The molecule has 2 nitrogen and oxygen atoms in total. The number of benzene rings is 2. The Balaban J connectivity index is 0.000000331. The first-order valence-corrected chi connectivity index (χ1v) is 12.3. The van der Waals surface area contributed by atoms with Crippen LogP contribution in [0.3, 0.4) is 0 Å². The molecule has 0 heterocycles. The van der Waals surface area contributed by atoms with E-state index in [1.165, 1.54) is 70.8 Å². The smallest absolute Gasteiger partial charge is 0.508 e. The van der Waals surface area contributed by atoms with E-state index in [-0.39, 0.29) is 60.2 Å². The minimum atomic E-state index is -0.331. The standard InChI is InChI=1S/C20H28.2C6H5FO.Zr/c1-19(2,3)17-11-7-9-15(17)13-14-16-10-8-12-18(16)20(4,5)6;2*7-5-1-3-6(8)4-2-5;/h11-12H,7-8,13-14H2,1-6H3;2*1-4,8H;/q-2;;;+2. The fourth-order valence-corrected chi connectivity index (χ4v) is 4.09. The van der Waals surface area contributed by atoms with Crippen LogP contribution in [-0.4, -0.2) is 10.2 Å². The van der Waals surface area contributed by atoms with Crippen LogP contribution in [0.5, 0.6) is 11.5 Å². The molecule has 37 heavy (non-hydrogen) atoms. The second kappa shape index (κ2) is 14.6. The van der Waals surface area contributed by atoms with Gasteiger partial charge in [-0.3, -0.25) is 12.2 Å². The van der Waals surface area contributed by atoms with E-state index in [4.69, 9.17) is 10.2 Å². The number of phenols is 2. The topological polar surface area (TPSA) is 40.5 Å². The maximum atomic E-state index is 12.0. The molecule has 196 valence electrons. The number of phenolic OH excluding ortho intramolecular Hbond substituents is 2. The van der Waals surface area contributed by atoms with Crippen molar-refractivity contribution >= 4 is 0 Å². The summed E-state index contributed by atoms with van der Waals surface area (Å²) in [7, 11) is 0. The molecule has 0 saturated carbocycles. The van der Waals surface area contributed by atoms with Gasteiger partial charge in [0.05, 0.1) is 0 Å². The van der Waals surface area contributed by atoms with Gasteiger partial charge in [-0.15, -0.1) is 12.8 Å². The number of aromatic hydroxyl groups is 2. The molecule has 0 atom stereocenters. The van der Waals surface area contributed by atoms with Gasteiger partial charge in [0.25, 0.3) is 0 Å². The molecule has 2 N–H and O–H groups in total. The third kappa shape index (κ3) is 11.3. The number of allylic oxidation sites excluding steroid dienone is 8. The molecule has 0 amide bonds. The molecular formula is C32H38F2O2Zr. The van der Waals surface area contributed by atoms with Crippen LogP contribution in [-0.2, 0) is 26.2 Å². The fourth-order valence-electron chi connectivity index (χ4n) is 4.09. The maximum Gasteiger partial charge on any atom is 2.00 e. The summed E-state index contributed by atoms with van der Waals surface area (Å²) in [4.78, 5) is 0. The quantitative estimate of drug-likeness (QED) is 0.354. The van der Waals surface area contributed by atoms with Crippen LogP contribution in [0, 0.1) is 34.6 Å². The molecule has 5 heteroatoms. The van der Waals surface area contributed by atoms with Crippen molar-refractivity contribution in [3.8, 4) is 11.5 Å². The first kappa shape index (κ1) is 32.8. The summed E-state index contributed by atoms with van der Waals surface area (Å²) in [6, 6.07) is 10.0. The van der Waals surface area contributed by atoms with Gasteiger partial charge in [0.2, 0.25) is 0 Å². The third-order valence-corrected chi connectivity index (χ3v) is 5.79. The van der Waals surface area contributed by atoms with Crippen molar-refractivity contribution in [3.63, 3.8) is 0 Å². The minimum Gasteiger partial charge on any atom is -0.508 e. The first-order valence-electron chi connectivity index (χ1n) is 12.3. The second-order valence-electron chi connectivity index (χ2n) is 10.9. The largest absolute Gasteiger partial charge is 2.00 e. The van der Waals surface area contributed by atoms with Gasteiger partial charge in [-0.05, 0) is 48.5 Å². The molecule has 0 spiro atoms. The van der Waals surface area contributed by atoms with E-state index < -0.39 is 0 Å². The summed E-state index contributed by atoms with van der Waals surface area (Å²) in [6.07, 6.45) is 16.0. The van der Waals surface area contributed by atoms with Crippen molar-refractivity contribution < 1.29 is 45.2 Å². The maximum absolute atomic E-state index is 12.0. The van der Waals surface area contributed by atoms with Crippen LogP contribution in [0.15, 0.2) is 83.0 Å². The van der Waals surface area contributed by atoms with Crippen LogP contribution in [0.2, 0.25) is 0 Å². The zero-order valence-electron chi connectivity index (χ0n) is 22.8. The molecule has 2 aliphatic carbocycles. The summed E-state index contributed by atoms with van der Waals surface area (Å²) in [5, 5.41) is 17.2. The second-order valence-corrected chi connectivity index (χ2v) is 10.9. The Labute approximate surface area is 240 Å². The summed E-state index contributed by atoms with van der Waals surface area (Å²) in [5.74, 6) is -0.483. The van der Waals surface area contributed by atoms with Gasteiger partial charge in [-0.1, -0.05) is 65.2 Å². The number of halogens is 2. The van der Waals surface area contributed by atoms with Gasteiger partial charge in [0.1, 0.15) is 23.1 Å². The average molecular weight is 584 g/mol. The molecule has 4 rings (SSSR count).